The number of hydrogen-bond donors (Lipinski definition) is 1. The van der Waals surface area contributed by atoms with E-state index in [1.807, 2.05) is 30.5 Å². The van der Waals surface area contributed by atoms with E-state index in [2.05, 4.69) is 19.7 Å². The van der Waals surface area contributed by atoms with Gasteiger partial charge in [0, 0.05) is 42.3 Å². The highest BCUT2D eigenvalue weighted by Crippen LogP contribution is 2.36. The lowest BCUT2D eigenvalue weighted by Gasteiger charge is -2.41. The monoisotopic (exact) mass is 458 g/mol. The number of carbonyl (C=O) groups excluding carboxylic acids is 1. The highest BCUT2D eigenvalue weighted by molar-refractivity contribution is 5.99. The Morgan fingerprint density at radius 3 is 2.68 bits per heavy atom. The molecule has 1 amide bonds. The first-order valence-corrected chi connectivity index (χ1v) is 12.0. The number of amides is 1. The summed E-state index contributed by atoms with van der Waals surface area (Å²) in [6.07, 6.45) is 6.77. The first-order chi connectivity index (χ1) is 16.7. The summed E-state index contributed by atoms with van der Waals surface area (Å²) >= 11 is 0. The number of aromatic amines is 1. The molecule has 1 aromatic carbocycles. The molecule has 8 heteroatoms. The molecule has 5 heterocycles. The van der Waals surface area contributed by atoms with Crippen molar-refractivity contribution < 1.29 is 9.18 Å². The minimum absolute atomic E-state index is 0.0659. The number of halogens is 1. The number of hydrogen-bond acceptors (Lipinski definition) is 4. The van der Waals surface area contributed by atoms with E-state index < -0.39 is 0 Å². The second-order valence-corrected chi connectivity index (χ2v) is 9.15. The molecule has 4 aromatic rings. The zero-order valence-electron chi connectivity index (χ0n) is 19.0. The van der Waals surface area contributed by atoms with Crippen LogP contribution in [0.25, 0.3) is 22.3 Å². The van der Waals surface area contributed by atoms with Crippen LogP contribution in [0.15, 0.2) is 54.9 Å². The van der Waals surface area contributed by atoms with Crippen LogP contribution in [0, 0.1) is 5.82 Å². The Morgan fingerprint density at radius 2 is 1.94 bits per heavy atom. The Hall–Kier alpha value is -3.52. The molecule has 0 bridgehead atoms. The van der Waals surface area contributed by atoms with Crippen LogP contribution in [-0.2, 0) is 6.54 Å². The number of nitrogens with one attached hydrogen (secondary N) is 1. The van der Waals surface area contributed by atoms with Crippen molar-refractivity contribution in [1.82, 2.24) is 29.5 Å². The number of nitrogens with zero attached hydrogens (tertiary/aromatic N) is 5. The molecule has 2 aliphatic rings. The molecule has 1 atom stereocenters. The summed E-state index contributed by atoms with van der Waals surface area (Å²) in [6, 6.07) is 12.4. The average Bonchev–Trinajstić information content (AvgIpc) is 3.59. The van der Waals surface area contributed by atoms with Crippen LogP contribution in [0.4, 0.5) is 4.39 Å². The van der Waals surface area contributed by atoms with Crippen LogP contribution in [0.3, 0.4) is 0 Å². The van der Waals surface area contributed by atoms with Gasteiger partial charge in [0.25, 0.3) is 5.91 Å². The van der Waals surface area contributed by atoms with E-state index in [-0.39, 0.29) is 17.8 Å². The summed E-state index contributed by atoms with van der Waals surface area (Å²) in [5.41, 5.74) is 3.72. The van der Waals surface area contributed by atoms with Crippen LogP contribution in [0.2, 0.25) is 0 Å². The molecule has 6 rings (SSSR count). The first kappa shape index (κ1) is 21.0. The fourth-order valence-corrected chi connectivity index (χ4v) is 5.18. The van der Waals surface area contributed by atoms with Gasteiger partial charge in [0.05, 0.1) is 17.9 Å². The molecular weight excluding hydrogens is 431 g/mol. The Kier molecular flexibility index (Phi) is 5.37. The number of H-pyrrole nitrogens is 1. The van der Waals surface area contributed by atoms with E-state index in [0.717, 1.165) is 48.3 Å². The summed E-state index contributed by atoms with van der Waals surface area (Å²) in [5.74, 6) is -0.324. The lowest BCUT2D eigenvalue weighted by molar-refractivity contribution is 0.0441. The number of pyridine rings is 1. The minimum Gasteiger partial charge on any atom is -0.330 e. The predicted molar refractivity (Wildman–Crippen MR) is 128 cm³/mol. The highest BCUT2D eigenvalue weighted by Gasteiger charge is 2.37. The number of likely N-dealkylation sites (tertiary alicyclic amines) is 2. The van der Waals surface area contributed by atoms with Gasteiger partial charge in [0.2, 0.25) is 0 Å². The topological polar surface area (TPSA) is 70.0 Å². The average molecular weight is 459 g/mol. The van der Waals surface area contributed by atoms with Gasteiger partial charge in [-0.1, -0.05) is 18.2 Å². The van der Waals surface area contributed by atoms with Crippen molar-refractivity contribution in [2.45, 2.75) is 31.8 Å². The molecule has 0 saturated carbocycles. The number of carbonyl (C=O) groups is 1. The van der Waals surface area contributed by atoms with E-state index in [1.165, 1.54) is 18.9 Å². The lowest BCUT2D eigenvalue weighted by Crippen LogP contribution is -2.46. The standard InChI is InChI=1S/C26H27FN6O/c27-21-6-2-1-5-20(21)23-9-12-33(23)26(34)24-15-18-7-8-22(19-16-28-29-17-19)30-25(18)32(24)14-13-31-10-3-4-11-31/h1-2,5-8,15-17,23H,3-4,9-14H2,(H,28,29)/t23-/m1/s1. The third kappa shape index (κ3) is 3.68. The van der Waals surface area contributed by atoms with Gasteiger partial charge in [0.1, 0.15) is 17.2 Å². The third-order valence-electron chi connectivity index (χ3n) is 7.14. The van der Waals surface area contributed by atoms with Crippen LogP contribution in [-0.4, -0.2) is 61.6 Å². The molecule has 7 nitrogen and oxygen atoms in total. The highest BCUT2D eigenvalue weighted by atomic mass is 19.1. The van der Waals surface area contributed by atoms with Crippen molar-refractivity contribution in [3.63, 3.8) is 0 Å². The summed E-state index contributed by atoms with van der Waals surface area (Å²) in [7, 11) is 0. The maximum atomic E-state index is 14.5. The molecule has 2 saturated heterocycles. The number of aromatic nitrogens is 4. The molecule has 0 radical (unpaired) electrons. The first-order valence-electron chi connectivity index (χ1n) is 12.0. The smallest absolute Gasteiger partial charge is 0.271 e. The van der Waals surface area contributed by atoms with E-state index in [9.17, 15) is 9.18 Å². The van der Waals surface area contributed by atoms with Gasteiger partial charge in [0.15, 0.2) is 0 Å². The second kappa shape index (κ2) is 8.68. The van der Waals surface area contributed by atoms with Gasteiger partial charge in [-0.3, -0.25) is 9.89 Å². The van der Waals surface area contributed by atoms with Gasteiger partial charge >= 0.3 is 0 Å². The molecule has 0 aliphatic carbocycles. The number of fused-ring (bicyclic) bond motifs is 1. The van der Waals surface area contributed by atoms with E-state index in [0.29, 0.717) is 24.3 Å². The largest absolute Gasteiger partial charge is 0.330 e. The maximum absolute atomic E-state index is 14.5. The maximum Gasteiger partial charge on any atom is 0.271 e. The molecule has 1 N–H and O–H groups in total. The van der Waals surface area contributed by atoms with Gasteiger partial charge in [-0.15, -0.1) is 0 Å². The van der Waals surface area contributed by atoms with Crippen molar-refractivity contribution in [3.05, 3.63) is 71.9 Å². The van der Waals surface area contributed by atoms with Crippen LogP contribution in [0.5, 0.6) is 0 Å². The Balaban J connectivity index is 1.37. The van der Waals surface area contributed by atoms with Crippen LogP contribution in [0.1, 0.15) is 41.4 Å². The van der Waals surface area contributed by atoms with Crippen molar-refractivity contribution >= 4 is 16.9 Å². The van der Waals surface area contributed by atoms with E-state index in [1.54, 1.807) is 23.2 Å². The summed E-state index contributed by atoms with van der Waals surface area (Å²) in [6.45, 7) is 4.37. The van der Waals surface area contributed by atoms with E-state index in [4.69, 9.17) is 4.98 Å². The van der Waals surface area contributed by atoms with Gasteiger partial charge < -0.3 is 14.4 Å². The molecule has 34 heavy (non-hydrogen) atoms. The fraction of sp³-hybridized carbons (Fsp3) is 0.346. The molecule has 2 aliphatic heterocycles. The molecule has 174 valence electrons. The zero-order chi connectivity index (χ0) is 23.1. The SMILES string of the molecule is O=C(c1cc2ccc(-c3cn[nH]c3)nc2n1CCN1CCCC1)N1CC[C@@H]1c1ccccc1F. The number of benzene rings is 1. The normalized spacial score (nSPS) is 18.5. The Bertz CT molecular complexity index is 1320. The molecule has 0 unspecified atom stereocenters. The zero-order valence-corrected chi connectivity index (χ0v) is 19.0. The van der Waals surface area contributed by atoms with Crippen molar-refractivity contribution in [1.29, 1.82) is 0 Å². The van der Waals surface area contributed by atoms with Crippen LogP contribution < -0.4 is 0 Å². The van der Waals surface area contributed by atoms with Crippen molar-refractivity contribution in [2.24, 2.45) is 0 Å². The van der Waals surface area contributed by atoms with Gasteiger partial charge in [-0.2, -0.15) is 5.10 Å². The van der Waals surface area contributed by atoms with Crippen molar-refractivity contribution in [3.8, 4) is 11.3 Å². The Morgan fingerprint density at radius 1 is 1.09 bits per heavy atom. The van der Waals surface area contributed by atoms with Gasteiger partial charge in [-0.05, 0) is 56.6 Å². The lowest BCUT2D eigenvalue weighted by atomic mass is 9.94. The van der Waals surface area contributed by atoms with Gasteiger partial charge in [-0.25, -0.2) is 9.37 Å². The predicted octanol–water partition coefficient (Wildman–Crippen LogP) is 4.25. The third-order valence-corrected chi connectivity index (χ3v) is 7.14. The molecule has 0 spiro atoms. The summed E-state index contributed by atoms with van der Waals surface area (Å²) in [4.78, 5) is 22.9. The fourth-order valence-electron chi connectivity index (χ4n) is 5.18. The molecule has 2 fully saturated rings. The second-order valence-electron chi connectivity index (χ2n) is 9.15. The van der Waals surface area contributed by atoms with Crippen LogP contribution >= 0.6 is 0 Å². The van der Waals surface area contributed by atoms with Crippen molar-refractivity contribution in [2.75, 3.05) is 26.2 Å². The molecular formula is C26H27FN6O. The molecule has 3 aromatic heterocycles. The van der Waals surface area contributed by atoms with E-state index >= 15 is 0 Å². The quantitative estimate of drug-likeness (QED) is 0.469. The number of rotatable bonds is 6. The summed E-state index contributed by atoms with van der Waals surface area (Å²) < 4.78 is 16.5. The Labute approximate surface area is 197 Å². The summed E-state index contributed by atoms with van der Waals surface area (Å²) in [5, 5.41) is 7.81. The minimum atomic E-state index is -0.258.